The van der Waals surface area contributed by atoms with E-state index in [1.54, 1.807) is 0 Å². The number of hydrogen-bond donors (Lipinski definition) is 2. The molecule has 1 aromatic rings. The molecule has 4 nitrogen and oxygen atoms in total. The molecule has 0 aliphatic heterocycles. The molecule has 1 aliphatic rings. The van der Waals surface area contributed by atoms with Gasteiger partial charge in [-0.05, 0) is 44.0 Å². The predicted molar refractivity (Wildman–Crippen MR) is 99.9 cm³/mol. The number of guanidine groups is 1. The van der Waals surface area contributed by atoms with E-state index < -0.39 is 0 Å². The van der Waals surface area contributed by atoms with Crippen LogP contribution in [0.4, 0.5) is 0 Å². The van der Waals surface area contributed by atoms with Gasteiger partial charge in [0.25, 0.3) is 0 Å². The summed E-state index contributed by atoms with van der Waals surface area (Å²) in [5.74, 6) is 1.36. The number of nitrogens with zero attached hydrogens (tertiary/aromatic N) is 2. The summed E-state index contributed by atoms with van der Waals surface area (Å²) in [4.78, 5) is 6.58. The number of hydrogen-bond acceptors (Lipinski definition) is 2. The summed E-state index contributed by atoms with van der Waals surface area (Å²) in [6.45, 7) is 2.56. The molecule has 0 spiro atoms. The quantitative estimate of drug-likeness (QED) is 0.437. The van der Waals surface area contributed by atoms with Crippen molar-refractivity contribution in [3.63, 3.8) is 0 Å². The minimum Gasteiger partial charge on any atom is -0.370 e. The normalized spacial score (nSPS) is 15.5. The van der Waals surface area contributed by atoms with Crippen molar-refractivity contribution in [1.82, 2.24) is 10.2 Å². The number of aliphatic imine (C=N–C) groups is 1. The predicted octanol–water partition coefficient (Wildman–Crippen LogP) is 2.57. The molecule has 118 valence electrons. The summed E-state index contributed by atoms with van der Waals surface area (Å²) >= 11 is 0. The Balaban J connectivity index is 0.00000220. The molecule has 0 atom stereocenters. The van der Waals surface area contributed by atoms with Crippen LogP contribution in [0.2, 0.25) is 0 Å². The highest BCUT2D eigenvalue weighted by molar-refractivity contribution is 14.0. The third-order valence-electron chi connectivity index (χ3n) is 3.72. The Hall–Kier alpha value is -0.820. The maximum absolute atomic E-state index is 5.90. The molecule has 1 saturated carbocycles. The third kappa shape index (κ3) is 6.65. The minimum atomic E-state index is 0. The zero-order valence-corrected chi connectivity index (χ0v) is 15.3. The molecule has 1 fully saturated rings. The van der Waals surface area contributed by atoms with Crippen LogP contribution < -0.4 is 11.1 Å². The van der Waals surface area contributed by atoms with Crippen LogP contribution >= 0.6 is 24.0 Å². The molecular weight excluding hydrogens is 375 g/mol. The van der Waals surface area contributed by atoms with Crippen molar-refractivity contribution in [3.8, 4) is 0 Å². The van der Waals surface area contributed by atoms with Crippen molar-refractivity contribution in [3.05, 3.63) is 35.4 Å². The number of rotatable bonds is 6. The van der Waals surface area contributed by atoms with Gasteiger partial charge in [-0.2, -0.15) is 0 Å². The fourth-order valence-electron chi connectivity index (χ4n) is 2.37. The standard InChI is InChI=1S/C16H26N4.HI/c1-20(2)12-15-8-4-7-14(9-15)11-19-16(17)18-10-13-5-3-6-13;/h4,7-9,13H,3,5-6,10-12H2,1-2H3,(H3,17,18,19);1H. The first kappa shape index (κ1) is 18.2. The highest BCUT2D eigenvalue weighted by atomic mass is 127. The smallest absolute Gasteiger partial charge is 0.188 e. The van der Waals surface area contributed by atoms with Gasteiger partial charge in [0.15, 0.2) is 5.96 Å². The molecule has 0 radical (unpaired) electrons. The molecule has 0 bridgehead atoms. The lowest BCUT2D eigenvalue weighted by Gasteiger charge is -2.25. The molecule has 2 rings (SSSR count). The maximum Gasteiger partial charge on any atom is 0.188 e. The molecule has 0 amide bonds. The average molecular weight is 402 g/mol. The summed E-state index contributed by atoms with van der Waals surface area (Å²) in [6.07, 6.45) is 4.02. The van der Waals surface area contributed by atoms with Crippen LogP contribution in [-0.2, 0) is 13.1 Å². The van der Waals surface area contributed by atoms with Crippen LogP contribution in [0.3, 0.4) is 0 Å². The van der Waals surface area contributed by atoms with Gasteiger partial charge < -0.3 is 16.0 Å². The average Bonchev–Trinajstić information content (AvgIpc) is 2.34. The summed E-state index contributed by atoms with van der Waals surface area (Å²) in [5.41, 5.74) is 8.41. The third-order valence-corrected chi connectivity index (χ3v) is 3.72. The molecular formula is C16H27IN4. The molecule has 21 heavy (non-hydrogen) atoms. The van der Waals surface area contributed by atoms with E-state index in [-0.39, 0.29) is 24.0 Å². The lowest BCUT2D eigenvalue weighted by Crippen LogP contribution is -2.37. The fourth-order valence-corrected chi connectivity index (χ4v) is 2.37. The van der Waals surface area contributed by atoms with Crippen LogP contribution in [0.25, 0.3) is 0 Å². The zero-order valence-electron chi connectivity index (χ0n) is 13.0. The van der Waals surface area contributed by atoms with Crippen molar-refractivity contribution in [2.45, 2.75) is 32.4 Å². The SMILES string of the molecule is CN(C)Cc1cccc(CN=C(N)NCC2CCC2)c1.I. The van der Waals surface area contributed by atoms with Gasteiger partial charge in [-0.1, -0.05) is 30.7 Å². The van der Waals surface area contributed by atoms with E-state index in [4.69, 9.17) is 5.73 Å². The van der Waals surface area contributed by atoms with Gasteiger partial charge in [0.05, 0.1) is 6.54 Å². The Morgan fingerprint density at radius 1 is 1.33 bits per heavy atom. The van der Waals surface area contributed by atoms with Crippen LogP contribution in [-0.4, -0.2) is 31.5 Å². The molecule has 0 heterocycles. The van der Waals surface area contributed by atoms with Crippen LogP contribution in [0.15, 0.2) is 29.3 Å². The van der Waals surface area contributed by atoms with Gasteiger partial charge in [0, 0.05) is 13.1 Å². The fraction of sp³-hybridized carbons (Fsp3) is 0.562. The van der Waals surface area contributed by atoms with Crippen LogP contribution in [0.5, 0.6) is 0 Å². The van der Waals surface area contributed by atoms with Crippen LogP contribution in [0.1, 0.15) is 30.4 Å². The minimum absolute atomic E-state index is 0. The molecule has 0 saturated heterocycles. The van der Waals surface area contributed by atoms with E-state index in [1.165, 1.54) is 30.4 Å². The second kappa shape index (κ2) is 9.25. The largest absolute Gasteiger partial charge is 0.370 e. The highest BCUT2D eigenvalue weighted by Crippen LogP contribution is 2.24. The molecule has 1 aromatic carbocycles. The van der Waals surface area contributed by atoms with E-state index in [1.807, 2.05) is 0 Å². The number of halogens is 1. The Bertz CT molecular complexity index is 455. The molecule has 5 heteroatoms. The van der Waals surface area contributed by atoms with E-state index in [9.17, 15) is 0 Å². The molecule has 1 aliphatic carbocycles. The van der Waals surface area contributed by atoms with Crippen molar-refractivity contribution >= 4 is 29.9 Å². The van der Waals surface area contributed by atoms with Gasteiger partial charge in [-0.25, -0.2) is 4.99 Å². The Morgan fingerprint density at radius 2 is 2.05 bits per heavy atom. The highest BCUT2D eigenvalue weighted by Gasteiger charge is 2.16. The number of nitrogens with one attached hydrogen (secondary N) is 1. The van der Waals surface area contributed by atoms with E-state index in [0.29, 0.717) is 12.5 Å². The first-order valence-corrected chi connectivity index (χ1v) is 7.40. The Kier molecular flexibility index (Phi) is 8.03. The summed E-state index contributed by atoms with van der Waals surface area (Å²) in [5, 5.41) is 3.22. The monoisotopic (exact) mass is 402 g/mol. The molecule has 0 aromatic heterocycles. The first-order chi connectivity index (χ1) is 9.63. The second-order valence-corrected chi connectivity index (χ2v) is 5.94. The van der Waals surface area contributed by atoms with Gasteiger partial charge in [0.1, 0.15) is 0 Å². The van der Waals surface area contributed by atoms with Crippen LogP contribution in [0, 0.1) is 5.92 Å². The van der Waals surface area contributed by atoms with Crippen molar-refractivity contribution in [2.24, 2.45) is 16.6 Å². The van der Waals surface area contributed by atoms with Gasteiger partial charge in [-0.3, -0.25) is 0 Å². The van der Waals surface area contributed by atoms with Crippen molar-refractivity contribution in [1.29, 1.82) is 0 Å². The second-order valence-electron chi connectivity index (χ2n) is 5.94. The maximum atomic E-state index is 5.90. The van der Waals surface area contributed by atoms with Crippen molar-refractivity contribution < 1.29 is 0 Å². The summed E-state index contributed by atoms with van der Waals surface area (Å²) in [7, 11) is 4.15. The summed E-state index contributed by atoms with van der Waals surface area (Å²) in [6, 6.07) is 8.53. The lowest BCUT2D eigenvalue weighted by molar-refractivity contribution is 0.315. The topological polar surface area (TPSA) is 53.6 Å². The number of nitrogens with two attached hydrogens (primary N) is 1. The Morgan fingerprint density at radius 3 is 2.67 bits per heavy atom. The van der Waals surface area contributed by atoms with Gasteiger partial charge in [0.2, 0.25) is 0 Å². The molecule has 0 unspecified atom stereocenters. The first-order valence-electron chi connectivity index (χ1n) is 7.40. The zero-order chi connectivity index (χ0) is 14.4. The Labute approximate surface area is 145 Å². The van der Waals surface area contributed by atoms with E-state index >= 15 is 0 Å². The van der Waals surface area contributed by atoms with E-state index in [0.717, 1.165) is 19.0 Å². The van der Waals surface area contributed by atoms with Gasteiger partial charge in [-0.15, -0.1) is 24.0 Å². The lowest BCUT2D eigenvalue weighted by atomic mass is 9.85. The summed E-state index contributed by atoms with van der Waals surface area (Å²) < 4.78 is 0. The van der Waals surface area contributed by atoms with Crippen molar-refractivity contribution in [2.75, 3.05) is 20.6 Å². The van der Waals surface area contributed by atoms with Gasteiger partial charge >= 0.3 is 0 Å². The number of benzene rings is 1. The van der Waals surface area contributed by atoms with E-state index in [2.05, 4.69) is 53.6 Å². The molecule has 3 N–H and O–H groups in total.